The summed E-state index contributed by atoms with van der Waals surface area (Å²) in [6.07, 6.45) is 10.8. The highest BCUT2D eigenvalue weighted by Crippen LogP contribution is 2.77. The predicted octanol–water partition coefficient (Wildman–Crippen LogP) is 4.63. The molecule has 0 radical (unpaired) electrons. The summed E-state index contributed by atoms with van der Waals surface area (Å²) in [5.41, 5.74) is 1.67. The highest BCUT2D eigenvalue weighted by atomic mass is 16.6. The Morgan fingerprint density at radius 3 is 2.77 bits per heavy atom. The number of rotatable bonds is 0. The second-order valence-corrected chi connectivity index (χ2v) is 9.53. The van der Waals surface area contributed by atoms with Gasteiger partial charge in [-0.15, -0.1) is 0 Å². The maximum Gasteiger partial charge on any atom is 0.312 e. The second-order valence-electron chi connectivity index (χ2n) is 9.53. The SMILES string of the molecule is C=C1C[C@@]23CC[C@@H]4[C@@]5(C)CCC[C@@]4(OC5=O)[C@@]2(C)CC[C@H]1C3. The van der Waals surface area contributed by atoms with Crippen molar-refractivity contribution in [3.8, 4) is 0 Å². The van der Waals surface area contributed by atoms with Gasteiger partial charge in [0.25, 0.3) is 0 Å². The van der Waals surface area contributed by atoms with Gasteiger partial charge < -0.3 is 4.74 Å². The lowest BCUT2D eigenvalue weighted by Gasteiger charge is -2.65. The van der Waals surface area contributed by atoms with E-state index < -0.39 is 0 Å². The molecule has 0 aromatic carbocycles. The molecule has 0 amide bonds. The van der Waals surface area contributed by atoms with E-state index in [2.05, 4.69) is 20.4 Å². The highest BCUT2D eigenvalue weighted by Gasteiger charge is 2.77. The van der Waals surface area contributed by atoms with Gasteiger partial charge in [-0.3, -0.25) is 4.79 Å². The van der Waals surface area contributed by atoms with Crippen LogP contribution >= 0.6 is 0 Å². The standard InChI is InChI=1S/C20H28O2/c1-13-11-19-10-6-15-17(2)7-4-8-20(15,22-16(17)21)18(19,3)9-5-14(13)12-19/h14-15H,1,4-12H2,2-3H3/t14-,15+,17+,18-,19+,20-/m0/s1. The topological polar surface area (TPSA) is 26.3 Å². The van der Waals surface area contributed by atoms with Crippen LogP contribution in [0.1, 0.15) is 71.6 Å². The largest absolute Gasteiger partial charge is 0.458 e. The maximum atomic E-state index is 12.8. The molecule has 5 aliphatic rings. The van der Waals surface area contributed by atoms with Crippen molar-refractivity contribution in [3.63, 3.8) is 0 Å². The lowest BCUT2D eigenvalue weighted by molar-refractivity contribution is -0.224. The smallest absolute Gasteiger partial charge is 0.312 e. The van der Waals surface area contributed by atoms with Gasteiger partial charge in [-0.25, -0.2) is 0 Å². The van der Waals surface area contributed by atoms with Gasteiger partial charge in [0.15, 0.2) is 0 Å². The Morgan fingerprint density at radius 1 is 1.14 bits per heavy atom. The fourth-order valence-corrected chi connectivity index (χ4v) is 7.82. The molecule has 0 aromatic rings. The number of fused-ring (bicyclic) bond motifs is 1. The van der Waals surface area contributed by atoms with E-state index in [1.54, 1.807) is 0 Å². The van der Waals surface area contributed by atoms with Gasteiger partial charge in [-0.05, 0) is 76.0 Å². The number of ether oxygens (including phenoxy) is 1. The number of hydrogen-bond donors (Lipinski definition) is 0. The zero-order valence-electron chi connectivity index (χ0n) is 14.0. The molecular formula is C20H28O2. The summed E-state index contributed by atoms with van der Waals surface area (Å²) >= 11 is 0. The molecule has 2 heteroatoms. The molecule has 120 valence electrons. The van der Waals surface area contributed by atoms with E-state index in [0.29, 0.717) is 11.3 Å². The lowest BCUT2D eigenvalue weighted by Crippen LogP contribution is -2.65. The van der Waals surface area contributed by atoms with Crippen LogP contribution in [0, 0.1) is 28.1 Å². The lowest BCUT2D eigenvalue weighted by atomic mass is 9.40. The third-order valence-electron chi connectivity index (χ3n) is 9.11. The first-order valence-electron chi connectivity index (χ1n) is 9.28. The Hall–Kier alpha value is -0.790. The Kier molecular flexibility index (Phi) is 2.26. The van der Waals surface area contributed by atoms with Crippen LogP contribution in [-0.4, -0.2) is 11.6 Å². The van der Waals surface area contributed by atoms with Gasteiger partial charge in [-0.1, -0.05) is 19.1 Å². The number of hydrogen-bond acceptors (Lipinski definition) is 2. The molecule has 4 aliphatic carbocycles. The van der Waals surface area contributed by atoms with Crippen LogP contribution in [-0.2, 0) is 9.53 Å². The fraction of sp³-hybridized carbons (Fsp3) is 0.850. The Morgan fingerprint density at radius 2 is 1.95 bits per heavy atom. The molecule has 4 bridgehead atoms. The van der Waals surface area contributed by atoms with Gasteiger partial charge in [-0.2, -0.15) is 0 Å². The van der Waals surface area contributed by atoms with Crippen molar-refractivity contribution in [2.45, 2.75) is 77.2 Å². The normalized spacial score (nSPS) is 59.0. The Bertz CT molecular complexity index is 595. The minimum absolute atomic E-state index is 0.118. The second kappa shape index (κ2) is 3.65. The van der Waals surface area contributed by atoms with Crippen LogP contribution in [0.4, 0.5) is 0 Å². The summed E-state index contributed by atoms with van der Waals surface area (Å²) in [5, 5.41) is 0. The van der Waals surface area contributed by atoms with Gasteiger partial charge in [0, 0.05) is 11.3 Å². The molecule has 6 atom stereocenters. The molecular weight excluding hydrogens is 272 g/mol. The summed E-state index contributed by atoms with van der Waals surface area (Å²) in [6.45, 7) is 9.08. The van der Waals surface area contributed by atoms with Crippen molar-refractivity contribution in [2.24, 2.45) is 28.1 Å². The van der Waals surface area contributed by atoms with E-state index >= 15 is 0 Å². The van der Waals surface area contributed by atoms with Crippen molar-refractivity contribution in [1.82, 2.24) is 0 Å². The molecule has 0 unspecified atom stereocenters. The van der Waals surface area contributed by atoms with E-state index in [-0.39, 0.29) is 22.4 Å². The van der Waals surface area contributed by atoms with E-state index in [4.69, 9.17) is 4.74 Å². The number of carbonyl (C=O) groups is 1. The van der Waals surface area contributed by atoms with Crippen LogP contribution in [0.3, 0.4) is 0 Å². The minimum Gasteiger partial charge on any atom is -0.458 e. The van der Waals surface area contributed by atoms with Crippen LogP contribution in [0.2, 0.25) is 0 Å². The summed E-state index contributed by atoms with van der Waals surface area (Å²) in [4.78, 5) is 12.8. The van der Waals surface area contributed by atoms with Gasteiger partial charge >= 0.3 is 5.97 Å². The minimum atomic E-state index is -0.199. The summed E-state index contributed by atoms with van der Waals surface area (Å²) < 4.78 is 6.36. The van der Waals surface area contributed by atoms with Crippen molar-refractivity contribution in [1.29, 1.82) is 0 Å². The van der Waals surface area contributed by atoms with Gasteiger partial charge in [0.05, 0.1) is 5.41 Å². The molecule has 5 fully saturated rings. The molecule has 1 saturated heterocycles. The molecule has 22 heavy (non-hydrogen) atoms. The molecule has 0 N–H and O–H groups in total. The Balaban J connectivity index is 1.69. The number of carbonyl (C=O) groups excluding carboxylic acids is 1. The van der Waals surface area contributed by atoms with Crippen LogP contribution < -0.4 is 0 Å². The zero-order valence-corrected chi connectivity index (χ0v) is 14.0. The van der Waals surface area contributed by atoms with Crippen molar-refractivity contribution < 1.29 is 9.53 Å². The monoisotopic (exact) mass is 300 g/mol. The summed E-state index contributed by atoms with van der Waals surface area (Å²) in [6, 6.07) is 0. The van der Waals surface area contributed by atoms with E-state index in [9.17, 15) is 4.79 Å². The van der Waals surface area contributed by atoms with Crippen molar-refractivity contribution in [3.05, 3.63) is 12.2 Å². The van der Waals surface area contributed by atoms with E-state index in [0.717, 1.165) is 25.2 Å². The van der Waals surface area contributed by atoms with Crippen LogP contribution in [0.25, 0.3) is 0 Å². The predicted molar refractivity (Wildman–Crippen MR) is 85.1 cm³/mol. The average Bonchev–Trinajstić information content (AvgIpc) is 2.80. The fourth-order valence-electron chi connectivity index (χ4n) is 7.82. The van der Waals surface area contributed by atoms with E-state index in [1.807, 2.05) is 0 Å². The molecule has 1 spiro atoms. The quantitative estimate of drug-likeness (QED) is 0.481. The molecule has 1 heterocycles. The maximum absolute atomic E-state index is 12.8. The third-order valence-corrected chi connectivity index (χ3v) is 9.11. The van der Waals surface area contributed by atoms with Gasteiger partial charge in [0.1, 0.15) is 5.60 Å². The van der Waals surface area contributed by atoms with Crippen LogP contribution in [0.15, 0.2) is 12.2 Å². The summed E-state index contributed by atoms with van der Waals surface area (Å²) in [7, 11) is 0. The highest BCUT2D eigenvalue weighted by molar-refractivity contribution is 5.81. The summed E-state index contributed by atoms with van der Waals surface area (Å²) in [5.74, 6) is 1.32. The molecule has 2 nitrogen and oxygen atoms in total. The molecule has 1 aliphatic heterocycles. The Labute approximate surface area is 133 Å². The molecule has 0 aromatic heterocycles. The number of esters is 1. The molecule has 5 rings (SSSR count). The molecule has 4 saturated carbocycles. The van der Waals surface area contributed by atoms with Crippen molar-refractivity contribution in [2.75, 3.05) is 0 Å². The first-order chi connectivity index (χ1) is 10.4. The van der Waals surface area contributed by atoms with Crippen LogP contribution in [0.5, 0.6) is 0 Å². The average molecular weight is 300 g/mol. The first kappa shape index (κ1) is 13.6. The number of allylic oxidation sites excluding steroid dienone is 1. The zero-order chi connectivity index (χ0) is 15.4. The van der Waals surface area contributed by atoms with Gasteiger partial charge in [0.2, 0.25) is 0 Å². The third kappa shape index (κ3) is 1.16. The van der Waals surface area contributed by atoms with E-state index in [1.165, 1.54) is 44.1 Å². The first-order valence-corrected chi connectivity index (χ1v) is 9.28. The van der Waals surface area contributed by atoms with Crippen molar-refractivity contribution >= 4 is 5.97 Å².